The van der Waals surface area contributed by atoms with E-state index in [1.54, 1.807) is 5.19 Å². The molecule has 0 aromatic heterocycles. The molecule has 2 rings (SSSR count). The molecule has 2 aromatic carbocycles. The van der Waals surface area contributed by atoms with E-state index in [2.05, 4.69) is 67.6 Å². The highest BCUT2D eigenvalue weighted by Gasteiger charge is 2.05. The molecule has 76 valence electrons. The first-order valence-corrected chi connectivity index (χ1v) is 6.97. The lowest BCUT2D eigenvalue weighted by Gasteiger charge is -2.10. The van der Waals surface area contributed by atoms with Crippen LogP contribution in [-0.2, 0) is 0 Å². The SMILES string of the molecule is CC([SiH2]c1ccccc1)c1ccccc1. The van der Waals surface area contributed by atoms with Gasteiger partial charge in [0.1, 0.15) is 0 Å². The molecular weight excluding hydrogens is 196 g/mol. The zero-order chi connectivity index (χ0) is 10.5. The monoisotopic (exact) mass is 212 g/mol. The van der Waals surface area contributed by atoms with Crippen LogP contribution in [0.3, 0.4) is 0 Å². The first-order valence-electron chi connectivity index (χ1n) is 5.45. The van der Waals surface area contributed by atoms with E-state index >= 15 is 0 Å². The second-order valence-corrected chi connectivity index (χ2v) is 6.45. The van der Waals surface area contributed by atoms with E-state index < -0.39 is 0 Å². The maximum atomic E-state index is 2.34. The van der Waals surface area contributed by atoms with Crippen molar-refractivity contribution in [2.24, 2.45) is 0 Å². The molecule has 0 N–H and O–H groups in total. The third-order valence-electron chi connectivity index (χ3n) is 2.75. The molecule has 0 radical (unpaired) electrons. The van der Waals surface area contributed by atoms with Gasteiger partial charge in [0.15, 0.2) is 0 Å². The molecule has 0 nitrogen and oxygen atoms in total. The van der Waals surface area contributed by atoms with Gasteiger partial charge >= 0.3 is 0 Å². The predicted molar refractivity (Wildman–Crippen MR) is 69.5 cm³/mol. The Kier molecular flexibility index (Phi) is 3.35. The van der Waals surface area contributed by atoms with Crippen molar-refractivity contribution in [3.8, 4) is 0 Å². The van der Waals surface area contributed by atoms with Crippen molar-refractivity contribution < 1.29 is 0 Å². The summed E-state index contributed by atoms with van der Waals surface area (Å²) in [5, 5.41) is 1.55. The molecule has 0 saturated heterocycles. The Morgan fingerprint density at radius 1 is 0.800 bits per heavy atom. The molecule has 0 amide bonds. The first kappa shape index (κ1) is 10.2. The topological polar surface area (TPSA) is 0 Å². The number of benzene rings is 2. The van der Waals surface area contributed by atoms with Crippen LogP contribution in [0.15, 0.2) is 60.7 Å². The van der Waals surface area contributed by atoms with Crippen LogP contribution in [0.2, 0.25) is 0 Å². The van der Waals surface area contributed by atoms with Crippen molar-refractivity contribution in [1.82, 2.24) is 0 Å². The average molecular weight is 212 g/mol. The van der Waals surface area contributed by atoms with Gasteiger partial charge in [0.05, 0.1) is 9.52 Å². The second kappa shape index (κ2) is 4.94. The Hall–Kier alpha value is -1.34. The Bertz CT molecular complexity index is 394. The van der Waals surface area contributed by atoms with E-state index in [-0.39, 0.29) is 9.52 Å². The summed E-state index contributed by atoms with van der Waals surface area (Å²) >= 11 is 0. The first-order chi connectivity index (χ1) is 7.36. The molecule has 0 heterocycles. The highest BCUT2D eigenvalue weighted by Crippen LogP contribution is 2.12. The molecule has 0 aliphatic carbocycles. The van der Waals surface area contributed by atoms with E-state index in [9.17, 15) is 0 Å². The van der Waals surface area contributed by atoms with Crippen LogP contribution >= 0.6 is 0 Å². The van der Waals surface area contributed by atoms with Crippen LogP contribution in [0.5, 0.6) is 0 Å². The Morgan fingerprint density at radius 2 is 1.33 bits per heavy atom. The summed E-state index contributed by atoms with van der Waals surface area (Å²) < 4.78 is 0. The number of hydrogen-bond donors (Lipinski definition) is 0. The molecule has 0 spiro atoms. The summed E-state index contributed by atoms with van der Waals surface area (Å²) in [5.41, 5.74) is 2.21. The van der Waals surface area contributed by atoms with Crippen LogP contribution < -0.4 is 5.19 Å². The summed E-state index contributed by atoms with van der Waals surface area (Å²) in [6, 6.07) is 21.7. The minimum absolute atomic E-state index is 0.185. The van der Waals surface area contributed by atoms with Crippen LogP contribution in [0.25, 0.3) is 0 Å². The lowest BCUT2D eigenvalue weighted by Crippen LogP contribution is -2.19. The van der Waals surface area contributed by atoms with Gasteiger partial charge in [0.25, 0.3) is 0 Å². The number of hydrogen-bond acceptors (Lipinski definition) is 0. The van der Waals surface area contributed by atoms with Gasteiger partial charge in [-0.2, -0.15) is 0 Å². The Morgan fingerprint density at radius 3 is 1.93 bits per heavy atom. The lowest BCUT2D eigenvalue weighted by atomic mass is 10.2. The smallest absolute Gasteiger partial charge is 0.0620 e. The van der Waals surface area contributed by atoms with E-state index in [0.29, 0.717) is 0 Å². The van der Waals surface area contributed by atoms with Gasteiger partial charge < -0.3 is 0 Å². The van der Waals surface area contributed by atoms with Gasteiger partial charge in [0, 0.05) is 0 Å². The third kappa shape index (κ3) is 2.80. The van der Waals surface area contributed by atoms with Gasteiger partial charge in [0.2, 0.25) is 0 Å². The molecule has 1 heteroatoms. The second-order valence-electron chi connectivity index (χ2n) is 4.00. The Balaban J connectivity index is 2.08. The van der Waals surface area contributed by atoms with Crippen molar-refractivity contribution in [2.45, 2.75) is 12.5 Å². The molecule has 0 bridgehead atoms. The fourth-order valence-electron chi connectivity index (χ4n) is 1.87. The molecule has 0 fully saturated rings. The fourth-order valence-corrected chi connectivity index (χ4v) is 3.63. The molecule has 1 unspecified atom stereocenters. The molecule has 15 heavy (non-hydrogen) atoms. The van der Waals surface area contributed by atoms with E-state index in [1.807, 2.05) is 0 Å². The van der Waals surface area contributed by atoms with Gasteiger partial charge in [-0.3, -0.25) is 0 Å². The lowest BCUT2D eigenvalue weighted by molar-refractivity contribution is 1.07. The van der Waals surface area contributed by atoms with Gasteiger partial charge in [-0.15, -0.1) is 0 Å². The van der Waals surface area contributed by atoms with E-state index in [1.165, 1.54) is 5.56 Å². The summed E-state index contributed by atoms with van der Waals surface area (Å²) in [6.45, 7) is 2.34. The van der Waals surface area contributed by atoms with Crippen molar-refractivity contribution in [3.05, 3.63) is 66.2 Å². The maximum absolute atomic E-state index is 2.34. The average Bonchev–Trinajstić information content (AvgIpc) is 2.31. The van der Waals surface area contributed by atoms with Crippen molar-refractivity contribution in [2.75, 3.05) is 0 Å². The van der Waals surface area contributed by atoms with Crippen molar-refractivity contribution in [3.63, 3.8) is 0 Å². The minimum Gasteiger partial charge on any atom is -0.0663 e. The van der Waals surface area contributed by atoms with Crippen molar-refractivity contribution >= 4 is 14.7 Å². The summed E-state index contributed by atoms with van der Waals surface area (Å²) in [4.78, 5) is 0. The molecule has 0 aliphatic rings. The molecule has 0 aliphatic heterocycles. The zero-order valence-electron chi connectivity index (χ0n) is 9.06. The normalized spacial score (nSPS) is 13.1. The third-order valence-corrected chi connectivity index (χ3v) is 4.78. The molecular formula is C14H16Si. The predicted octanol–water partition coefficient (Wildman–Crippen LogP) is 2.24. The molecule has 2 aromatic rings. The van der Waals surface area contributed by atoms with Gasteiger partial charge in [-0.1, -0.05) is 72.8 Å². The van der Waals surface area contributed by atoms with E-state index in [4.69, 9.17) is 0 Å². The number of rotatable bonds is 3. The van der Waals surface area contributed by atoms with Crippen molar-refractivity contribution in [1.29, 1.82) is 0 Å². The largest absolute Gasteiger partial charge is 0.0663 e. The highest BCUT2D eigenvalue weighted by atomic mass is 28.2. The molecule has 0 saturated carbocycles. The van der Waals surface area contributed by atoms with E-state index in [0.717, 1.165) is 5.54 Å². The zero-order valence-corrected chi connectivity index (χ0v) is 10.5. The van der Waals surface area contributed by atoms with Gasteiger partial charge in [-0.05, 0) is 11.1 Å². The van der Waals surface area contributed by atoms with Crippen LogP contribution in [0, 0.1) is 0 Å². The molecule has 1 atom stereocenters. The maximum Gasteiger partial charge on any atom is 0.0620 e. The Labute approximate surface area is 93.8 Å². The summed E-state index contributed by atoms with van der Waals surface area (Å²) in [5.74, 6) is 0. The quantitative estimate of drug-likeness (QED) is 0.685. The highest BCUT2D eigenvalue weighted by molar-refractivity contribution is 6.54. The van der Waals surface area contributed by atoms with Crippen LogP contribution in [0.1, 0.15) is 18.0 Å². The van der Waals surface area contributed by atoms with Gasteiger partial charge in [-0.25, -0.2) is 0 Å². The fraction of sp³-hybridized carbons (Fsp3) is 0.143. The minimum atomic E-state index is -0.185. The summed E-state index contributed by atoms with van der Waals surface area (Å²) in [6.07, 6.45) is 0. The summed E-state index contributed by atoms with van der Waals surface area (Å²) in [7, 11) is -0.185. The van der Waals surface area contributed by atoms with Crippen LogP contribution in [0.4, 0.5) is 0 Å². The standard InChI is InChI=1S/C14H16Si/c1-12(13-8-4-2-5-9-13)15-14-10-6-3-7-11-14/h2-12H,15H2,1H3. The van der Waals surface area contributed by atoms with Crippen LogP contribution in [-0.4, -0.2) is 9.52 Å².